The smallest absolute Gasteiger partial charge is 0.431 e. The summed E-state index contributed by atoms with van der Waals surface area (Å²) in [5.74, 6) is 0. The van der Waals surface area contributed by atoms with E-state index in [0.717, 1.165) is 12.7 Å². The van der Waals surface area contributed by atoms with Gasteiger partial charge in [-0.1, -0.05) is 30.3 Å². The van der Waals surface area contributed by atoms with Crippen LogP contribution in [0.25, 0.3) is 0 Å². The van der Waals surface area contributed by atoms with Crippen LogP contribution in [0.1, 0.15) is 12.0 Å². The predicted octanol–water partition coefficient (Wildman–Crippen LogP) is 2.89. The number of halogens is 3. The number of nitrogens with zero attached hydrogens (tertiary/aromatic N) is 1. The highest BCUT2D eigenvalue weighted by Crippen LogP contribution is 2.20. The zero-order valence-corrected chi connectivity index (χ0v) is 10.2. The molecule has 1 rings (SSSR count). The first kappa shape index (κ1) is 15.0. The number of hydrogen-bond acceptors (Lipinski definition) is 3. The third-order valence-corrected chi connectivity index (χ3v) is 2.29. The number of amides is 1. The first-order chi connectivity index (χ1) is 8.93. The summed E-state index contributed by atoms with van der Waals surface area (Å²) in [7, 11) is 1.04. The summed E-state index contributed by atoms with van der Waals surface area (Å²) in [5.41, 5.74) is 1.39. The van der Waals surface area contributed by atoms with E-state index in [1.54, 1.807) is 35.8 Å². The van der Waals surface area contributed by atoms with E-state index in [9.17, 15) is 18.0 Å². The van der Waals surface area contributed by atoms with Crippen molar-refractivity contribution in [1.82, 2.24) is 5.43 Å². The molecule has 0 fully saturated rings. The van der Waals surface area contributed by atoms with Gasteiger partial charge in [0, 0.05) is 6.42 Å². The lowest BCUT2D eigenvalue weighted by Crippen LogP contribution is -2.28. The van der Waals surface area contributed by atoms with Crippen molar-refractivity contribution in [3.05, 3.63) is 35.9 Å². The molecule has 0 heterocycles. The standard InChI is InChI=1S/C12H13F3N2O2/c1-19-11(18)17-16-10(12(13,14)15)8-7-9-5-3-2-4-6-9/h2-6H,7-8H2,1H3,(H,17,18)/b16-10-. The molecular weight excluding hydrogens is 261 g/mol. The zero-order chi connectivity index (χ0) is 14.3. The second-order valence-corrected chi connectivity index (χ2v) is 3.65. The molecule has 104 valence electrons. The predicted molar refractivity (Wildman–Crippen MR) is 63.8 cm³/mol. The number of ether oxygens (including phenoxy) is 1. The number of nitrogens with one attached hydrogen (secondary N) is 1. The van der Waals surface area contributed by atoms with Gasteiger partial charge in [0.25, 0.3) is 0 Å². The second kappa shape index (κ2) is 6.77. The summed E-state index contributed by atoms with van der Waals surface area (Å²) in [6, 6.07) is 8.71. The minimum absolute atomic E-state index is 0.183. The number of carbonyl (C=O) groups excluding carboxylic acids is 1. The number of methoxy groups -OCH3 is 1. The Morgan fingerprint density at radius 2 is 1.95 bits per heavy atom. The molecule has 1 N–H and O–H groups in total. The Kier molecular flexibility index (Phi) is 5.35. The Morgan fingerprint density at radius 3 is 2.47 bits per heavy atom. The molecule has 0 spiro atoms. The molecule has 0 aliphatic heterocycles. The number of aryl methyl sites for hydroxylation is 1. The van der Waals surface area contributed by atoms with Gasteiger partial charge in [-0.3, -0.25) is 0 Å². The SMILES string of the molecule is COC(=O)N/N=C(/CCc1ccccc1)C(F)(F)F. The van der Waals surface area contributed by atoms with Gasteiger partial charge < -0.3 is 4.74 Å². The van der Waals surface area contributed by atoms with E-state index in [-0.39, 0.29) is 12.8 Å². The maximum absolute atomic E-state index is 12.7. The Bertz CT molecular complexity index is 444. The molecule has 19 heavy (non-hydrogen) atoms. The van der Waals surface area contributed by atoms with E-state index in [2.05, 4.69) is 9.84 Å². The molecule has 0 radical (unpaired) electrons. The van der Waals surface area contributed by atoms with Gasteiger partial charge in [-0.15, -0.1) is 0 Å². The molecular formula is C12H13F3N2O2. The van der Waals surface area contributed by atoms with Crippen LogP contribution in [-0.2, 0) is 11.2 Å². The normalized spacial score (nSPS) is 12.1. The summed E-state index contributed by atoms with van der Waals surface area (Å²) in [6.07, 6.45) is -5.77. The lowest BCUT2D eigenvalue weighted by molar-refractivity contribution is -0.0608. The van der Waals surface area contributed by atoms with Crippen LogP contribution < -0.4 is 5.43 Å². The van der Waals surface area contributed by atoms with Gasteiger partial charge in [0.2, 0.25) is 0 Å². The van der Waals surface area contributed by atoms with Gasteiger partial charge in [-0.05, 0) is 12.0 Å². The summed E-state index contributed by atoms with van der Waals surface area (Å²) in [5, 5.41) is 3.05. The van der Waals surface area contributed by atoms with E-state index in [0.29, 0.717) is 0 Å². The van der Waals surface area contributed by atoms with Gasteiger partial charge in [0.15, 0.2) is 0 Å². The highest BCUT2D eigenvalue weighted by atomic mass is 19.4. The van der Waals surface area contributed by atoms with Crippen LogP contribution in [0, 0.1) is 0 Å². The van der Waals surface area contributed by atoms with Crippen LogP contribution in [0.3, 0.4) is 0 Å². The third-order valence-electron chi connectivity index (χ3n) is 2.29. The molecule has 0 saturated carbocycles. The van der Waals surface area contributed by atoms with Crippen molar-refractivity contribution in [3.63, 3.8) is 0 Å². The molecule has 1 aromatic rings. The van der Waals surface area contributed by atoms with Crippen molar-refractivity contribution in [1.29, 1.82) is 0 Å². The fourth-order valence-electron chi connectivity index (χ4n) is 1.33. The maximum Gasteiger partial charge on any atom is 0.431 e. The molecule has 0 atom stereocenters. The largest absolute Gasteiger partial charge is 0.452 e. The Balaban J connectivity index is 2.68. The van der Waals surface area contributed by atoms with E-state index < -0.39 is 18.0 Å². The molecule has 1 aromatic carbocycles. The van der Waals surface area contributed by atoms with Crippen molar-refractivity contribution >= 4 is 11.8 Å². The number of hydrogen-bond donors (Lipinski definition) is 1. The average Bonchev–Trinajstić information content (AvgIpc) is 2.38. The Morgan fingerprint density at radius 1 is 1.32 bits per heavy atom. The summed E-state index contributed by atoms with van der Waals surface area (Å²) in [6.45, 7) is 0. The molecule has 0 bridgehead atoms. The van der Waals surface area contributed by atoms with Gasteiger partial charge >= 0.3 is 12.3 Å². The van der Waals surface area contributed by atoms with Crippen LogP contribution in [0.2, 0.25) is 0 Å². The molecule has 7 heteroatoms. The molecule has 0 saturated heterocycles. The molecule has 0 aliphatic rings. The number of hydrazone groups is 1. The van der Waals surface area contributed by atoms with Crippen molar-refractivity contribution < 1.29 is 22.7 Å². The molecule has 0 unspecified atom stereocenters. The fourth-order valence-corrected chi connectivity index (χ4v) is 1.33. The van der Waals surface area contributed by atoms with Crippen LogP contribution in [0.15, 0.2) is 35.4 Å². The van der Waals surface area contributed by atoms with E-state index >= 15 is 0 Å². The van der Waals surface area contributed by atoms with Gasteiger partial charge in [0.05, 0.1) is 7.11 Å². The van der Waals surface area contributed by atoms with Crippen molar-refractivity contribution in [2.24, 2.45) is 5.10 Å². The fraction of sp³-hybridized carbons (Fsp3) is 0.333. The van der Waals surface area contributed by atoms with Crippen LogP contribution in [0.5, 0.6) is 0 Å². The van der Waals surface area contributed by atoms with Gasteiger partial charge in [-0.2, -0.15) is 18.3 Å². The molecule has 0 aliphatic carbocycles. The van der Waals surface area contributed by atoms with E-state index in [1.807, 2.05) is 0 Å². The third kappa shape index (κ3) is 5.41. The highest BCUT2D eigenvalue weighted by molar-refractivity contribution is 5.90. The Hall–Kier alpha value is -2.05. The summed E-state index contributed by atoms with van der Waals surface area (Å²) < 4.78 is 42.1. The van der Waals surface area contributed by atoms with Crippen molar-refractivity contribution in [2.45, 2.75) is 19.0 Å². The molecule has 0 aromatic heterocycles. The minimum Gasteiger partial charge on any atom is -0.452 e. The van der Waals surface area contributed by atoms with Crippen molar-refractivity contribution in [2.75, 3.05) is 7.11 Å². The van der Waals surface area contributed by atoms with Crippen molar-refractivity contribution in [3.8, 4) is 0 Å². The van der Waals surface area contributed by atoms with Gasteiger partial charge in [0.1, 0.15) is 5.71 Å². The molecule has 4 nitrogen and oxygen atoms in total. The number of carbonyl (C=O) groups is 1. The summed E-state index contributed by atoms with van der Waals surface area (Å²) in [4.78, 5) is 10.7. The first-order valence-corrected chi connectivity index (χ1v) is 5.45. The monoisotopic (exact) mass is 274 g/mol. The zero-order valence-electron chi connectivity index (χ0n) is 10.2. The lowest BCUT2D eigenvalue weighted by Gasteiger charge is -2.10. The van der Waals surface area contributed by atoms with Crippen LogP contribution >= 0.6 is 0 Å². The number of benzene rings is 1. The number of rotatable bonds is 4. The minimum atomic E-state index is -4.59. The Labute approximate surface area is 108 Å². The topological polar surface area (TPSA) is 50.7 Å². The van der Waals surface area contributed by atoms with Crippen LogP contribution in [-0.4, -0.2) is 25.1 Å². The lowest BCUT2D eigenvalue weighted by atomic mass is 10.1. The first-order valence-electron chi connectivity index (χ1n) is 5.45. The summed E-state index contributed by atoms with van der Waals surface area (Å²) >= 11 is 0. The van der Waals surface area contributed by atoms with E-state index in [1.165, 1.54) is 0 Å². The quantitative estimate of drug-likeness (QED) is 0.678. The number of alkyl halides is 3. The highest BCUT2D eigenvalue weighted by Gasteiger charge is 2.35. The molecule has 1 amide bonds. The second-order valence-electron chi connectivity index (χ2n) is 3.65. The average molecular weight is 274 g/mol. The van der Waals surface area contributed by atoms with E-state index in [4.69, 9.17) is 0 Å². The maximum atomic E-state index is 12.7. The van der Waals surface area contributed by atoms with Gasteiger partial charge in [-0.25, -0.2) is 10.2 Å². The van der Waals surface area contributed by atoms with Crippen LogP contribution in [0.4, 0.5) is 18.0 Å².